The van der Waals surface area contributed by atoms with Gasteiger partial charge in [0.2, 0.25) is 0 Å². The molecule has 122 valence electrons. The molecule has 1 aromatic rings. The largest absolute Gasteiger partial charge is 0.480 e. The number of carboxylic acid groups (broad SMARTS) is 1. The van der Waals surface area contributed by atoms with E-state index in [1.54, 1.807) is 12.1 Å². The van der Waals surface area contributed by atoms with Crippen LogP contribution in [0.4, 0.5) is 0 Å². The zero-order chi connectivity index (χ0) is 16.2. The number of carboxylic acids is 1. The molecule has 0 aliphatic carbocycles. The fraction of sp³-hybridized carbons (Fsp3) is 0.533. The van der Waals surface area contributed by atoms with Crippen LogP contribution in [0, 0.1) is 12.8 Å². The first-order valence-corrected chi connectivity index (χ1v) is 8.68. The molecule has 1 saturated heterocycles. The minimum atomic E-state index is -3.75. The van der Waals surface area contributed by atoms with Gasteiger partial charge in [-0.25, -0.2) is 0 Å². The predicted molar refractivity (Wildman–Crippen MR) is 81.1 cm³/mol. The molecule has 2 rings (SSSR count). The van der Waals surface area contributed by atoms with E-state index in [4.69, 9.17) is 9.29 Å². The summed E-state index contributed by atoms with van der Waals surface area (Å²) >= 11 is 0. The van der Waals surface area contributed by atoms with Crippen molar-refractivity contribution in [3.63, 3.8) is 0 Å². The normalized spacial score (nSPS) is 20.0. The molecule has 1 aliphatic heterocycles. The van der Waals surface area contributed by atoms with E-state index < -0.39 is 16.1 Å². The van der Waals surface area contributed by atoms with E-state index in [1.807, 2.05) is 11.8 Å². The second-order valence-electron chi connectivity index (χ2n) is 5.69. The second-order valence-corrected chi connectivity index (χ2v) is 7.30. The van der Waals surface area contributed by atoms with E-state index in [0.717, 1.165) is 24.9 Å². The number of hydrogen-bond acceptors (Lipinski definition) is 5. The summed E-state index contributed by atoms with van der Waals surface area (Å²) in [6.45, 7) is 3.24. The minimum Gasteiger partial charge on any atom is -0.480 e. The van der Waals surface area contributed by atoms with Crippen molar-refractivity contribution in [1.82, 2.24) is 4.90 Å². The number of aryl methyl sites for hydroxylation is 1. The van der Waals surface area contributed by atoms with Crippen molar-refractivity contribution in [2.45, 2.75) is 24.7 Å². The van der Waals surface area contributed by atoms with Gasteiger partial charge in [0.1, 0.15) is 0 Å². The monoisotopic (exact) mass is 327 g/mol. The standard InChI is InChI=1S/C15H21NO5S/c1-12-4-6-14(7-5-12)22(19,20)21-11-13-3-2-8-16(9-13)10-15(17)18/h4-7,13H,2-3,8-11H2,1H3,(H,17,18). The quantitative estimate of drug-likeness (QED) is 0.797. The predicted octanol–water partition coefficient (Wildman–Crippen LogP) is 1.50. The molecule has 0 radical (unpaired) electrons. The van der Waals surface area contributed by atoms with Crippen LogP contribution in [-0.2, 0) is 19.1 Å². The van der Waals surface area contributed by atoms with E-state index in [1.165, 1.54) is 12.1 Å². The number of hydrogen-bond donors (Lipinski definition) is 1. The summed E-state index contributed by atoms with van der Waals surface area (Å²) in [7, 11) is -3.75. The molecule has 0 aromatic heterocycles. The van der Waals surface area contributed by atoms with Crippen LogP contribution in [0.1, 0.15) is 18.4 Å². The highest BCUT2D eigenvalue weighted by Gasteiger charge is 2.24. The summed E-state index contributed by atoms with van der Waals surface area (Å²) < 4.78 is 29.4. The Morgan fingerprint density at radius 2 is 2.05 bits per heavy atom. The van der Waals surface area contributed by atoms with Crippen LogP contribution in [0.25, 0.3) is 0 Å². The summed E-state index contributed by atoms with van der Waals surface area (Å²) in [4.78, 5) is 12.7. The van der Waals surface area contributed by atoms with E-state index in [9.17, 15) is 13.2 Å². The summed E-state index contributed by atoms with van der Waals surface area (Å²) in [5.74, 6) is -0.831. The number of carbonyl (C=O) groups is 1. The molecule has 7 heteroatoms. The molecule has 0 bridgehead atoms. The Bertz CT molecular complexity index is 611. The first kappa shape index (κ1) is 16.9. The minimum absolute atomic E-state index is 0.0127. The van der Waals surface area contributed by atoms with E-state index in [0.29, 0.717) is 6.54 Å². The Labute approximate surface area is 130 Å². The Kier molecular flexibility index (Phi) is 5.55. The molecular weight excluding hydrogens is 306 g/mol. The van der Waals surface area contributed by atoms with Gasteiger partial charge in [0.25, 0.3) is 10.1 Å². The molecule has 0 saturated carbocycles. The molecule has 1 atom stereocenters. The van der Waals surface area contributed by atoms with Crippen molar-refractivity contribution in [3.8, 4) is 0 Å². The van der Waals surface area contributed by atoms with Gasteiger partial charge in [0.15, 0.2) is 0 Å². The van der Waals surface area contributed by atoms with Crippen molar-refractivity contribution in [3.05, 3.63) is 29.8 Å². The van der Waals surface area contributed by atoms with Crippen LogP contribution >= 0.6 is 0 Å². The molecule has 6 nitrogen and oxygen atoms in total. The van der Waals surface area contributed by atoms with Crippen LogP contribution in [0.5, 0.6) is 0 Å². The van der Waals surface area contributed by atoms with Gasteiger partial charge in [-0.3, -0.25) is 13.9 Å². The molecule has 0 spiro atoms. The van der Waals surface area contributed by atoms with Gasteiger partial charge in [0, 0.05) is 6.54 Å². The van der Waals surface area contributed by atoms with Gasteiger partial charge in [-0.2, -0.15) is 8.42 Å². The molecule has 1 aromatic carbocycles. The number of benzene rings is 1. The summed E-state index contributed by atoms with van der Waals surface area (Å²) in [6, 6.07) is 6.52. The SMILES string of the molecule is Cc1ccc(S(=O)(=O)OCC2CCCN(CC(=O)O)C2)cc1. The lowest BCUT2D eigenvalue weighted by atomic mass is 9.99. The Balaban J connectivity index is 1.91. The fourth-order valence-corrected chi connectivity index (χ4v) is 3.56. The summed E-state index contributed by atoms with van der Waals surface area (Å²) in [5, 5.41) is 8.81. The summed E-state index contributed by atoms with van der Waals surface area (Å²) in [5.41, 5.74) is 0.982. The Morgan fingerprint density at radius 1 is 1.36 bits per heavy atom. The molecular formula is C15H21NO5S. The first-order valence-electron chi connectivity index (χ1n) is 7.27. The van der Waals surface area contributed by atoms with E-state index >= 15 is 0 Å². The lowest BCUT2D eigenvalue weighted by Gasteiger charge is -2.31. The smallest absolute Gasteiger partial charge is 0.317 e. The third-order valence-electron chi connectivity index (χ3n) is 3.73. The van der Waals surface area contributed by atoms with Gasteiger partial charge < -0.3 is 5.11 Å². The molecule has 0 amide bonds. The van der Waals surface area contributed by atoms with E-state index in [-0.39, 0.29) is 24.0 Å². The van der Waals surface area contributed by atoms with E-state index in [2.05, 4.69) is 0 Å². The average molecular weight is 327 g/mol. The molecule has 22 heavy (non-hydrogen) atoms. The van der Waals surface area contributed by atoms with Crippen molar-refractivity contribution < 1.29 is 22.5 Å². The highest BCUT2D eigenvalue weighted by molar-refractivity contribution is 7.86. The first-order chi connectivity index (χ1) is 10.4. The maximum Gasteiger partial charge on any atom is 0.317 e. The Hall–Kier alpha value is -1.44. The van der Waals surface area contributed by atoms with Gasteiger partial charge in [-0.05, 0) is 44.4 Å². The van der Waals surface area contributed by atoms with Gasteiger partial charge in [-0.1, -0.05) is 17.7 Å². The number of likely N-dealkylation sites (tertiary alicyclic amines) is 1. The van der Waals surface area contributed by atoms with Crippen LogP contribution < -0.4 is 0 Å². The van der Waals surface area contributed by atoms with Crippen LogP contribution in [0.3, 0.4) is 0 Å². The number of aliphatic carboxylic acids is 1. The molecule has 1 N–H and O–H groups in total. The topological polar surface area (TPSA) is 83.9 Å². The second kappa shape index (κ2) is 7.21. The lowest BCUT2D eigenvalue weighted by molar-refractivity contribution is -0.138. The number of nitrogens with zero attached hydrogens (tertiary/aromatic N) is 1. The maximum atomic E-state index is 12.1. The van der Waals surface area contributed by atoms with Crippen molar-refractivity contribution in [2.24, 2.45) is 5.92 Å². The molecule has 1 heterocycles. The molecule has 1 unspecified atom stereocenters. The summed E-state index contributed by atoms with van der Waals surface area (Å²) in [6.07, 6.45) is 1.70. The molecule has 1 aliphatic rings. The number of rotatable bonds is 6. The zero-order valence-electron chi connectivity index (χ0n) is 12.6. The highest BCUT2D eigenvalue weighted by Crippen LogP contribution is 2.20. The van der Waals surface area contributed by atoms with Crippen LogP contribution in [0.15, 0.2) is 29.2 Å². The number of piperidine rings is 1. The fourth-order valence-electron chi connectivity index (χ4n) is 2.58. The third kappa shape index (κ3) is 4.79. The lowest BCUT2D eigenvalue weighted by Crippen LogP contribution is -2.40. The van der Waals surface area contributed by atoms with Crippen molar-refractivity contribution in [2.75, 3.05) is 26.2 Å². The van der Waals surface area contributed by atoms with Crippen molar-refractivity contribution in [1.29, 1.82) is 0 Å². The third-order valence-corrected chi connectivity index (χ3v) is 5.03. The Morgan fingerprint density at radius 3 is 2.68 bits per heavy atom. The van der Waals surface area contributed by atoms with Crippen molar-refractivity contribution >= 4 is 16.1 Å². The maximum absolute atomic E-state index is 12.1. The highest BCUT2D eigenvalue weighted by atomic mass is 32.2. The van der Waals surface area contributed by atoms with Gasteiger partial charge in [-0.15, -0.1) is 0 Å². The average Bonchev–Trinajstić information content (AvgIpc) is 2.45. The van der Waals surface area contributed by atoms with Gasteiger partial charge in [0.05, 0.1) is 18.0 Å². The van der Waals surface area contributed by atoms with Crippen LogP contribution in [0.2, 0.25) is 0 Å². The zero-order valence-corrected chi connectivity index (χ0v) is 13.4. The van der Waals surface area contributed by atoms with Gasteiger partial charge >= 0.3 is 5.97 Å². The van der Waals surface area contributed by atoms with Crippen LogP contribution in [-0.4, -0.2) is 50.6 Å². The molecule has 1 fully saturated rings.